The van der Waals surface area contributed by atoms with Crippen molar-refractivity contribution < 1.29 is 0 Å². The van der Waals surface area contributed by atoms with E-state index in [0.717, 1.165) is 16.0 Å². The lowest BCUT2D eigenvalue weighted by molar-refractivity contribution is 1.21. The minimum Gasteiger partial charge on any atom is -0.375 e. The highest BCUT2D eigenvalue weighted by Gasteiger charge is 2.04. The topological polar surface area (TPSA) is 76.7 Å². The molecule has 0 fully saturated rings. The van der Waals surface area contributed by atoms with Crippen LogP contribution in [-0.4, -0.2) is 15.0 Å². The van der Waals surface area contributed by atoms with Crippen LogP contribution in [0.2, 0.25) is 0 Å². The van der Waals surface area contributed by atoms with E-state index in [1.807, 2.05) is 30.3 Å². The first-order valence-electron chi connectivity index (χ1n) is 5.02. The predicted octanol–water partition coefficient (Wildman–Crippen LogP) is 2.41. The highest BCUT2D eigenvalue weighted by Crippen LogP contribution is 2.22. The number of nitrogens with two attached hydrogens (primary N) is 1. The normalized spacial score (nSPS) is 10.6. The molecule has 0 aliphatic carbocycles. The summed E-state index contributed by atoms with van der Waals surface area (Å²) in [7, 11) is 0. The van der Waals surface area contributed by atoms with Gasteiger partial charge in [-0.2, -0.15) is 4.98 Å². The van der Waals surface area contributed by atoms with Gasteiger partial charge in [0.1, 0.15) is 5.52 Å². The van der Waals surface area contributed by atoms with Crippen molar-refractivity contribution in [1.82, 2.24) is 15.0 Å². The summed E-state index contributed by atoms with van der Waals surface area (Å²) >= 11 is 1.35. The molecule has 0 unspecified atom stereocenters. The maximum absolute atomic E-state index is 5.61. The van der Waals surface area contributed by atoms with Crippen LogP contribution in [0.4, 0.5) is 16.8 Å². The molecule has 2 heterocycles. The van der Waals surface area contributed by atoms with Gasteiger partial charge < -0.3 is 11.1 Å². The zero-order valence-corrected chi connectivity index (χ0v) is 9.61. The van der Waals surface area contributed by atoms with Gasteiger partial charge in [0.2, 0.25) is 5.95 Å². The number of hydrogen-bond donors (Lipinski definition) is 2. The van der Waals surface area contributed by atoms with E-state index in [2.05, 4.69) is 20.3 Å². The molecule has 0 radical (unpaired) electrons. The number of anilines is 3. The SMILES string of the molecule is Nc1nc2cnc(Nc3ccccc3)nc2s1. The van der Waals surface area contributed by atoms with E-state index in [4.69, 9.17) is 5.73 Å². The minimum absolute atomic E-state index is 0.506. The van der Waals surface area contributed by atoms with Crippen LogP contribution in [0.15, 0.2) is 36.5 Å². The molecular formula is C11H9N5S. The quantitative estimate of drug-likeness (QED) is 0.722. The molecule has 3 N–H and O–H groups in total. The molecule has 0 atom stereocenters. The minimum atomic E-state index is 0.506. The Kier molecular flexibility index (Phi) is 2.34. The fourth-order valence-electron chi connectivity index (χ4n) is 1.46. The lowest BCUT2D eigenvalue weighted by Gasteiger charge is -2.02. The van der Waals surface area contributed by atoms with Gasteiger partial charge in [-0.1, -0.05) is 29.5 Å². The van der Waals surface area contributed by atoms with Crippen LogP contribution in [0.1, 0.15) is 0 Å². The van der Waals surface area contributed by atoms with E-state index in [1.54, 1.807) is 6.20 Å². The molecule has 17 heavy (non-hydrogen) atoms. The van der Waals surface area contributed by atoms with Gasteiger partial charge in [0.15, 0.2) is 9.96 Å². The zero-order chi connectivity index (χ0) is 11.7. The van der Waals surface area contributed by atoms with Crippen molar-refractivity contribution in [2.24, 2.45) is 0 Å². The molecule has 0 aliphatic heterocycles. The second-order valence-electron chi connectivity index (χ2n) is 3.43. The van der Waals surface area contributed by atoms with Gasteiger partial charge in [-0.15, -0.1) is 0 Å². The molecule has 1 aromatic carbocycles. The van der Waals surface area contributed by atoms with Crippen molar-refractivity contribution in [2.75, 3.05) is 11.1 Å². The Labute approximate surface area is 101 Å². The molecule has 0 amide bonds. The summed E-state index contributed by atoms with van der Waals surface area (Å²) in [6.07, 6.45) is 1.67. The standard InChI is InChI=1S/C11H9N5S/c12-10-15-8-6-13-11(16-9(8)17-10)14-7-4-2-1-3-5-7/h1-6H,(H2,12,15)(H,13,14,16). The largest absolute Gasteiger partial charge is 0.375 e. The van der Waals surface area contributed by atoms with Gasteiger partial charge in [0.05, 0.1) is 6.20 Å². The Balaban J connectivity index is 1.95. The number of para-hydroxylation sites is 1. The first-order valence-corrected chi connectivity index (χ1v) is 5.84. The lowest BCUT2D eigenvalue weighted by atomic mass is 10.3. The number of hydrogen-bond acceptors (Lipinski definition) is 6. The third-order valence-corrected chi connectivity index (χ3v) is 2.99. The van der Waals surface area contributed by atoms with Gasteiger partial charge in [0, 0.05) is 5.69 Å². The number of aromatic nitrogens is 3. The first kappa shape index (κ1) is 9.98. The van der Waals surface area contributed by atoms with Crippen LogP contribution in [0, 0.1) is 0 Å². The van der Waals surface area contributed by atoms with Crippen LogP contribution >= 0.6 is 11.3 Å². The molecule has 5 nitrogen and oxygen atoms in total. The Morgan fingerprint density at radius 3 is 2.76 bits per heavy atom. The fourth-order valence-corrected chi connectivity index (χ4v) is 2.14. The number of rotatable bonds is 2. The highest BCUT2D eigenvalue weighted by molar-refractivity contribution is 7.21. The average Bonchev–Trinajstić information content (AvgIpc) is 2.70. The molecule has 0 aliphatic rings. The van der Waals surface area contributed by atoms with Crippen molar-refractivity contribution in [3.05, 3.63) is 36.5 Å². The van der Waals surface area contributed by atoms with E-state index < -0.39 is 0 Å². The maximum Gasteiger partial charge on any atom is 0.228 e. The Bertz CT molecular complexity index is 649. The second kappa shape index (κ2) is 3.99. The molecule has 0 bridgehead atoms. The third kappa shape index (κ3) is 2.02. The molecule has 2 aromatic heterocycles. The van der Waals surface area contributed by atoms with E-state index in [-0.39, 0.29) is 0 Å². The summed E-state index contributed by atoms with van der Waals surface area (Å²) < 4.78 is 0. The number of fused-ring (bicyclic) bond motifs is 1. The van der Waals surface area contributed by atoms with Crippen LogP contribution in [0.3, 0.4) is 0 Å². The van der Waals surface area contributed by atoms with Gasteiger partial charge in [-0.3, -0.25) is 0 Å². The number of thiazole rings is 1. The van der Waals surface area contributed by atoms with E-state index >= 15 is 0 Å². The predicted molar refractivity (Wildman–Crippen MR) is 69.3 cm³/mol. The Morgan fingerprint density at radius 1 is 1.12 bits per heavy atom. The molecule has 3 rings (SSSR count). The van der Waals surface area contributed by atoms with Gasteiger partial charge in [-0.25, -0.2) is 9.97 Å². The molecular weight excluding hydrogens is 234 g/mol. The van der Waals surface area contributed by atoms with Gasteiger partial charge in [0.25, 0.3) is 0 Å². The molecule has 3 aromatic rings. The average molecular weight is 243 g/mol. The summed E-state index contributed by atoms with van der Waals surface area (Å²) in [6.45, 7) is 0. The third-order valence-electron chi connectivity index (χ3n) is 2.20. The molecule has 0 saturated carbocycles. The number of nitrogen functional groups attached to an aromatic ring is 1. The Hall–Kier alpha value is -2.21. The number of nitrogens with zero attached hydrogens (tertiary/aromatic N) is 3. The Morgan fingerprint density at radius 2 is 1.94 bits per heavy atom. The van der Waals surface area contributed by atoms with Gasteiger partial charge in [-0.05, 0) is 12.1 Å². The number of nitrogens with one attached hydrogen (secondary N) is 1. The zero-order valence-electron chi connectivity index (χ0n) is 8.79. The highest BCUT2D eigenvalue weighted by atomic mass is 32.1. The maximum atomic E-state index is 5.61. The van der Waals surface area contributed by atoms with E-state index in [1.165, 1.54) is 11.3 Å². The number of benzene rings is 1. The van der Waals surface area contributed by atoms with Crippen LogP contribution < -0.4 is 11.1 Å². The van der Waals surface area contributed by atoms with Crippen molar-refractivity contribution in [3.8, 4) is 0 Å². The fraction of sp³-hybridized carbons (Fsp3) is 0. The second-order valence-corrected chi connectivity index (χ2v) is 4.44. The van der Waals surface area contributed by atoms with E-state index in [0.29, 0.717) is 11.1 Å². The first-order chi connectivity index (χ1) is 8.31. The van der Waals surface area contributed by atoms with Crippen molar-refractivity contribution in [3.63, 3.8) is 0 Å². The molecule has 6 heteroatoms. The summed E-state index contributed by atoms with van der Waals surface area (Å²) in [5, 5.41) is 3.63. The van der Waals surface area contributed by atoms with Crippen molar-refractivity contribution in [2.45, 2.75) is 0 Å². The summed E-state index contributed by atoms with van der Waals surface area (Å²) in [5.74, 6) is 0.548. The summed E-state index contributed by atoms with van der Waals surface area (Å²) in [6, 6.07) is 9.76. The van der Waals surface area contributed by atoms with Crippen molar-refractivity contribution >= 4 is 38.5 Å². The smallest absolute Gasteiger partial charge is 0.228 e. The lowest BCUT2D eigenvalue weighted by Crippen LogP contribution is -1.95. The van der Waals surface area contributed by atoms with Gasteiger partial charge >= 0.3 is 0 Å². The molecule has 0 saturated heterocycles. The van der Waals surface area contributed by atoms with Crippen LogP contribution in [0.25, 0.3) is 10.3 Å². The molecule has 84 valence electrons. The van der Waals surface area contributed by atoms with Crippen molar-refractivity contribution in [1.29, 1.82) is 0 Å². The van der Waals surface area contributed by atoms with E-state index in [9.17, 15) is 0 Å². The van der Waals surface area contributed by atoms with Crippen LogP contribution in [0.5, 0.6) is 0 Å². The summed E-state index contributed by atoms with van der Waals surface area (Å²) in [4.78, 5) is 13.4. The van der Waals surface area contributed by atoms with Crippen LogP contribution in [-0.2, 0) is 0 Å². The molecule has 0 spiro atoms. The summed E-state index contributed by atoms with van der Waals surface area (Å²) in [5.41, 5.74) is 7.29. The monoisotopic (exact) mass is 243 g/mol.